The minimum absolute atomic E-state index is 0. The van der Waals surface area contributed by atoms with E-state index < -0.39 is 25.6 Å². The molecule has 9 heteroatoms. The van der Waals surface area contributed by atoms with Crippen molar-refractivity contribution in [1.82, 2.24) is 6.15 Å². The molecule has 0 bridgehead atoms. The molecule has 0 amide bonds. The summed E-state index contributed by atoms with van der Waals surface area (Å²) < 4.78 is 31.8. The number of anilines is 1. The van der Waals surface area contributed by atoms with E-state index in [0.717, 1.165) is 18.2 Å². The monoisotopic (exact) mass is 235 g/mol. The van der Waals surface area contributed by atoms with Crippen molar-refractivity contribution >= 4 is 21.5 Å². The standard InChI is InChI=1S/C6H6N2O5S.H3N/c7-4-1-2-5(8(9)10)6(3-4)14(11,12)13;/h1-3H,7H2,(H,11,12,13);1H3. The van der Waals surface area contributed by atoms with E-state index in [4.69, 9.17) is 5.73 Å². The van der Waals surface area contributed by atoms with Gasteiger partial charge in [0.15, 0.2) is 0 Å². The number of nitrogens with zero attached hydrogens (tertiary/aromatic N) is 1. The predicted octanol–water partition coefficient (Wildman–Crippen LogP) is 0.457. The second-order valence-electron chi connectivity index (χ2n) is 2.44. The molecule has 0 aliphatic heterocycles. The van der Waals surface area contributed by atoms with Gasteiger partial charge >= 0.3 is 0 Å². The number of quaternary nitrogens is 1. The average molecular weight is 235 g/mol. The van der Waals surface area contributed by atoms with Crippen LogP contribution in [0.25, 0.3) is 0 Å². The van der Waals surface area contributed by atoms with Crippen LogP contribution in [0.2, 0.25) is 0 Å². The van der Waals surface area contributed by atoms with Gasteiger partial charge in [-0.15, -0.1) is 0 Å². The number of nitrogen functional groups attached to an aromatic ring is 1. The van der Waals surface area contributed by atoms with Crippen molar-refractivity contribution < 1.29 is 17.9 Å². The van der Waals surface area contributed by atoms with Gasteiger partial charge in [-0.2, -0.15) is 0 Å². The lowest BCUT2D eigenvalue weighted by molar-refractivity contribution is -0.387. The molecule has 0 fully saturated rings. The number of nitrogens with two attached hydrogens (primary N) is 1. The van der Waals surface area contributed by atoms with Gasteiger partial charge < -0.3 is 16.4 Å². The summed E-state index contributed by atoms with van der Waals surface area (Å²) in [4.78, 5) is 8.47. The van der Waals surface area contributed by atoms with Gasteiger partial charge in [0.2, 0.25) is 0 Å². The van der Waals surface area contributed by atoms with Crippen molar-refractivity contribution in [2.75, 3.05) is 5.73 Å². The molecule has 6 N–H and O–H groups in total. The fraction of sp³-hybridized carbons (Fsp3) is 0. The molecular formula is C6H9N3O5S. The van der Waals surface area contributed by atoms with Crippen LogP contribution in [0.4, 0.5) is 11.4 Å². The smallest absolute Gasteiger partial charge is 0.286 e. The Morgan fingerprint density at radius 2 is 1.87 bits per heavy atom. The lowest BCUT2D eigenvalue weighted by Crippen LogP contribution is -2.04. The molecule has 8 nitrogen and oxygen atoms in total. The molecule has 0 heterocycles. The van der Waals surface area contributed by atoms with Crippen molar-refractivity contribution in [3.05, 3.63) is 28.3 Å². The molecule has 1 aromatic rings. The highest BCUT2D eigenvalue weighted by Gasteiger charge is 2.18. The zero-order chi connectivity index (χ0) is 10.9. The Morgan fingerprint density at radius 1 is 1.33 bits per heavy atom. The Labute approximate surface area is 85.2 Å². The third-order valence-electron chi connectivity index (χ3n) is 1.45. The highest BCUT2D eigenvalue weighted by Crippen LogP contribution is 2.25. The summed E-state index contributed by atoms with van der Waals surface area (Å²) in [5.41, 5.74) is 4.41. The fourth-order valence-corrected chi connectivity index (χ4v) is 1.56. The maximum atomic E-state index is 10.6. The molecule has 0 saturated heterocycles. The summed E-state index contributed by atoms with van der Waals surface area (Å²) in [5, 5.41) is 10.3. The lowest BCUT2D eigenvalue weighted by Gasteiger charge is -2.07. The molecule has 0 saturated carbocycles. The Hall–Kier alpha value is -1.71. The quantitative estimate of drug-likeness (QED) is 0.327. The zero-order valence-corrected chi connectivity index (χ0v) is 8.52. The van der Waals surface area contributed by atoms with E-state index in [1.54, 1.807) is 0 Å². The summed E-state index contributed by atoms with van der Waals surface area (Å²) in [7, 11) is -4.87. The molecule has 0 aliphatic rings. The summed E-state index contributed by atoms with van der Waals surface area (Å²) in [6, 6.07) is 2.79. The zero-order valence-electron chi connectivity index (χ0n) is 7.71. The van der Waals surface area contributed by atoms with Gasteiger partial charge in [-0.25, -0.2) is 8.42 Å². The van der Waals surface area contributed by atoms with Crippen molar-refractivity contribution in [3.63, 3.8) is 0 Å². The largest absolute Gasteiger partial charge is 0.744 e. The topological polar surface area (TPSA) is 163 Å². The third kappa shape index (κ3) is 2.87. The van der Waals surface area contributed by atoms with Gasteiger partial charge in [-0.1, -0.05) is 0 Å². The van der Waals surface area contributed by atoms with Crippen LogP contribution in [0.15, 0.2) is 23.1 Å². The van der Waals surface area contributed by atoms with Gasteiger partial charge in [0.25, 0.3) is 5.69 Å². The van der Waals surface area contributed by atoms with Gasteiger partial charge in [-0.3, -0.25) is 10.1 Å². The summed E-state index contributed by atoms with van der Waals surface area (Å²) in [5.74, 6) is 0. The third-order valence-corrected chi connectivity index (χ3v) is 2.32. The van der Waals surface area contributed by atoms with E-state index >= 15 is 0 Å². The molecule has 0 unspecified atom stereocenters. The minimum Gasteiger partial charge on any atom is -0.744 e. The molecule has 0 aliphatic carbocycles. The van der Waals surface area contributed by atoms with Crippen molar-refractivity contribution in [3.8, 4) is 0 Å². The highest BCUT2D eigenvalue weighted by molar-refractivity contribution is 7.85. The van der Waals surface area contributed by atoms with Crippen molar-refractivity contribution in [2.45, 2.75) is 4.90 Å². The number of benzene rings is 1. The Morgan fingerprint density at radius 3 is 2.27 bits per heavy atom. The maximum absolute atomic E-state index is 10.6. The fourth-order valence-electron chi connectivity index (χ4n) is 0.882. The first kappa shape index (κ1) is 13.3. The van der Waals surface area contributed by atoms with E-state index in [0.29, 0.717) is 0 Å². The van der Waals surface area contributed by atoms with Crippen LogP contribution in [0.5, 0.6) is 0 Å². The molecular weight excluding hydrogens is 226 g/mol. The number of hydrogen-bond donors (Lipinski definition) is 2. The molecule has 0 atom stereocenters. The van der Waals surface area contributed by atoms with E-state index in [1.165, 1.54) is 0 Å². The number of rotatable bonds is 2. The first-order chi connectivity index (χ1) is 6.32. The summed E-state index contributed by atoms with van der Waals surface area (Å²) in [6.07, 6.45) is 0. The molecule has 1 aromatic carbocycles. The van der Waals surface area contributed by atoms with Crippen LogP contribution < -0.4 is 11.9 Å². The molecule has 15 heavy (non-hydrogen) atoms. The first-order valence-corrected chi connectivity index (χ1v) is 4.73. The highest BCUT2D eigenvalue weighted by atomic mass is 32.2. The van der Waals surface area contributed by atoms with Crippen LogP contribution in [0.3, 0.4) is 0 Å². The average Bonchev–Trinajstić information content (AvgIpc) is 2.01. The van der Waals surface area contributed by atoms with Gasteiger partial charge in [0, 0.05) is 11.8 Å². The molecule has 1 rings (SSSR count). The van der Waals surface area contributed by atoms with E-state index in [-0.39, 0.29) is 11.8 Å². The first-order valence-electron chi connectivity index (χ1n) is 3.32. The van der Waals surface area contributed by atoms with Crippen LogP contribution in [-0.4, -0.2) is 17.9 Å². The second-order valence-corrected chi connectivity index (χ2v) is 3.79. The van der Waals surface area contributed by atoms with E-state index in [1.807, 2.05) is 0 Å². The van der Waals surface area contributed by atoms with Gasteiger partial charge in [-0.05, 0) is 12.1 Å². The maximum Gasteiger partial charge on any atom is 0.286 e. The summed E-state index contributed by atoms with van der Waals surface area (Å²) >= 11 is 0. The van der Waals surface area contributed by atoms with Crippen molar-refractivity contribution in [1.29, 1.82) is 0 Å². The normalized spacial score (nSPS) is 10.5. The Kier molecular flexibility index (Phi) is 3.73. The lowest BCUT2D eigenvalue weighted by atomic mass is 10.3. The van der Waals surface area contributed by atoms with E-state index in [2.05, 4.69) is 0 Å². The van der Waals surface area contributed by atoms with Crippen LogP contribution in [0, 0.1) is 10.1 Å². The molecule has 0 radical (unpaired) electrons. The van der Waals surface area contributed by atoms with Crippen molar-refractivity contribution in [2.24, 2.45) is 0 Å². The SMILES string of the molecule is Nc1ccc([N+](=O)[O-])c(S(=O)(=O)[O-])c1.[NH4+]. The molecule has 0 aromatic heterocycles. The van der Waals surface area contributed by atoms with Gasteiger partial charge in [0.1, 0.15) is 15.0 Å². The predicted molar refractivity (Wildman–Crippen MR) is 51.5 cm³/mol. The van der Waals surface area contributed by atoms with Gasteiger partial charge in [0.05, 0.1) is 4.92 Å². The number of hydrogen-bond acceptors (Lipinski definition) is 6. The minimum atomic E-state index is -4.87. The summed E-state index contributed by atoms with van der Waals surface area (Å²) in [6.45, 7) is 0. The molecule has 84 valence electrons. The van der Waals surface area contributed by atoms with E-state index in [9.17, 15) is 23.1 Å². The molecule has 0 spiro atoms. The number of nitro groups is 1. The number of nitro benzene ring substituents is 1. The second kappa shape index (κ2) is 4.21. The van der Waals surface area contributed by atoms with Crippen LogP contribution >= 0.6 is 0 Å². The Balaban J connectivity index is 0.00000196. The van der Waals surface area contributed by atoms with Crippen LogP contribution in [-0.2, 0) is 10.1 Å². The van der Waals surface area contributed by atoms with Crippen LogP contribution in [0.1, 0.15) is 0 Å². The Bertz CT molecular complexity index is 484.